The molecular formula is C28H24BrNO3. The SMILES string of the molecule is Cc1ccccc1NC(=O)c1cc(Br)c(OCc2ccccc2)cc1OCc1ccccc1. The Hall–Kier alpha value is -3.57. The Morgan fingerprint density at radius 1 is 0.758 bits per heavy atom. The quantitative estimate of drug-likeness (QED) is 0.278. The summed E-state index contributed by atoms with van der Waals surface area (Å²) in [6.07, 6.45) is 0. The van der Waals surface area contributed by atoms with Crippen molar-refractivity contribution in [3.05, 3.63) is 124 Å². The highest BCUT2D eigenvalue weighted by Crippen LogP contribution is 2.35. The van der Waals surface area contributed by atoms with E-state index in [-0.39, 0.29) is 5.91 Å². The first kappa shape index (κ1) is 22.6. The van der Waals surface area contributed by atoms with Crippen molar-refractivity contribution in [2.45, 2.75) is 20.1 Å². The van der Waals surface area contributed by atoms with Crippen LogP contribution >= 0.6 is 15.9 Å². The average molecular weight is 502 g/mol. The van der Waals surface area contributed by atoms with Crippen molar-refractivity contribution in [1.82, 2.24) is 0 Å². The topological polar surface area (TPSA) is 47.6 Å². The van der Waals surface area contributed by atoms with Crippen LogP contribution in [-0.4, -0.2) is 5.91 Å². The van der Waals surface area contributed by atoms with Crippen LogP contribution in [0, 0.1) is 6.92 Å². The third-order valence-electron chi connectivity index (χ3n) is 5.15. The third-order valence-corrected chi connectivity index (χ3v) is 5.77. The van der Waals surface area contributed by atoms with Gasteiger partial charge in [0.1, 0.15) is 24.7 Å². The van der Waals surface area contributed by atoms with Crippen molar-refractivity contribution >= 4 is 27.5 Å². The number of rotatable bonds is 8. The molecule has 4 aromatic rings. The molecule has 0 bridgehead atoms. The molecule has 0 spiro atoms. The van der Waals surface area contributed by atoms with Gasteiger partial charge in [-0.1, -0.05) is 78.9 Å². The van der Waals surface area contributed by atoms with Crippen LogP contribution < -0.4 is 14.8 Å². The minimum absolute atomic E-state index is 0.248. The van der Waals surface area contributed by atoms with Crippen molar-refractivity contribution in [2.24, 2.45) is 0 Å². The Labute approximate surface area is 202 Å². The van der Waals surface area contributed by atoms with Gasteiger partial charge in [-0.15, -0.1) is 0 Å². The molecule has 0 aromatic heterocycles. The molecule has 4 rings (SSSR count). The maximum Gasteiger partial charge on any atom is 0.259 e. The van der Waals surface area contributed by atoms with Gasteiger partial charge in [0, 0.05) is 11.8 Å². The van der Waals surface area contributed by atoms with E-state index in [0.29, 0.717) is 34.7 Å². The molecule has 1 amide bonds. The van der Waals surface area contributed by atoms with Crippen LogP contribution in [0.3, 0.4) is 0 Å². The molecule has 0 saturated heterocycles. The number of halogens is 1. The van der Waals surface area contributed by atoms with Crippen molar-refractivity contribution < 1.29 is 14.3 Å². The van der Waals surface area contributed by atoms with Crippen LogP contribution in [0.4, 0.5) is 5.69 Å². The monoisotopic (exact) mass is 501 g/mol. The fraction of sp³-hybridized carbons (Fsp3) is 0.107. The van der Waals surface area contributed by atoms with Crippen molar-refractivity contribution in [1.29, 1.82) is 0 Å². The van der Waals surface area contributed by atoms with Crippen LogP contribution in [0.2, 0.25) is 0 Å². The van der Waals surface area contributed by atoms with Crippen LogP contribution in [0.15, 0.2) is 102 Å². The van der Waals surface area contributed by atoms with Gasteiger partial charge in [-0.2, -0.15) is 0 Å². The van der Waals surface area contributed by atoms with Gasteiger partial charge in [-0.05, 0) is 51.7 Å². The number of ether oxygens (including phenoxy) is 2. The fourth-order valence-corrected chi connectivity index (χ4v) is 3.77. The Morgan fingerprint density at radius 2 is 1.30 bits per heavy atom. The summed E-state index contributed by atoms with van der Waals surface area (Å²) < 4.78 is 12.8. The molecule has 0 aliphatic carbocycles. The highest BCUT2D eigenvalue weighted by molar-refractivity contribution is 9.10. The second kappa shape index (κ2) is 10.8. The number of carbonyl (C=O) groups excluding carboxylic acids is 1. The predicted octanol–water partition coefficient (Wildman–Crippen LogP) is 7.17. The maximum absolute atomic E-state index is 13.2. The number of carbonyl (C=O) groups is 1. The van der Waals surface area contributed by atoms with E-state index in [1.54, 1.807) is 12.1 Å². The van der Waals surface area contributed by atoms with E-state index < -0.39 is 0 Å². The van der Waals surface area contributed by atoms with E-state index in [1.807, 2.05) is 91.9 Å². The largest absolute Gasteiger partial charge is 0.488 e. The van der Waals surface area contributed by atoms with Gasteiger partial charge in [0.25, 0.3) is 5.91 Å². The molecule has 33 heavy (non-hydrogen) atoms. The Morgan fingerprint density at radius 3 is 1.91 bits per heavy atom. The second-order valence-electron chi connectivity index (χ2n) is 7.60. The lowest BCUT2D eigenvalue weighted by molar-refractivity contribution is 0.102. The zero-order chi connectivity index (χ0) is 23.0. The number of nitrogens with one attached hydrogen (secondary N) is 1. The molecule has 4 aromatic carbocycles. The van der Waals surface area contributed by atoms with Gasteiger partial charge in [-0.25, -0.2) is 0 Å². The Kier molecular flexibility index (Phi) is 7.43. The van der Waals surface area contributed by atoms with E-state index >= 15 is 0 Å². The molecular weight excluding hydrogens is 478 g/mol. The van der Waals surface area contributed by atoms with E-state index in [1.165, 1.54) is 0 Å². The summed E-state index contributed by atoms with van der Waals surface area (Å²) in [7, 11) is 0. The molecule has 0 unspecified atom stereocenters. The molecule has 166 valence electrons. The number of benzene rings is 4. The molecule has 4 nitrogen and oxygen atoms in total. The molecule has 0 aliphatic rings. The summed E-state index contributed by atoms with van der Waals surface area (Å²) in [6.45, 7) is 2.70. The fourth-order valence-electron chi connectivity index (χ4n) is 3.32. The number of hydrogen-bond acceptors (Lipinski definition) is 3. The predicted molar refractivity (Wildman–Crippen MR) is 135 cm³/mol. The van der Waals surface area contributed by atoms with Crippen LogP contribution in [0.5, 0.6) is 11.5 Å². The number of anilines is 1. The summed E-state index contributed by atoms with van der Waals surface area (Å²) in [5.74, 6) is 0.813. The van der Waals surface area contributed by atoms with E-state index in [0.717, 1.165) is 22.4 Å². The van der Waals surface area contributed by atoms with Gasteiger partial charge >= 0.3 is 0 Å². The van der Waals surface area contributed by atoms with Gasteiger partial charge < -0.3 is 14.8 Å². The second-order valence-corrected chi connectivity index (χ2v) is 8.45. The first-order valence-corrected chi connectivity index (χ1v) is 11.4. The maximum atomic E-state index is 13.2. The van der Waals surface area contributed by atoms with Crippen molar-refractivity contribution in [2.75, 3.05) is 5.32 Å². The normalized spacial score (nSPS) is 10.5. The number of para-hydroxylation sites is 1. The van der Waals surface area contributed by atoms with Gasteiger partial charge in [0.15, 0.2) is 0 Å². The van der Waals surface area contributed by atoms with E-state index in [2.05, 4.69) is 21.2 Å². The van der Waals surface area contributed by atoms with Crippen LogP contribution in [0.1, 0.15) is 27.0 Å². The summed E-state index contributed by atoms with van der Waals surface area (Å²) in [6, 6.07) is 31.0. The standard InChI is InChI=1S/C28H24BrNO3/c1-20-10-8-9-15-25(20)30-28(31)23-16-24(29)27(33-19-22-13-6-3-7-14-22)17-26(23)32-18-21-11-4-2-5-12-21/h2-17H,18-19H2,1H3,(H,30,31). The summed E-state index contributed by atoms with van der Waals surface area (Å²) in [5.41, 5.74) is 4.24. The Bertz CT molecular complexity index is 1230. The first-order chi connectivity index (χ1) is 16.1. The zero-order valence-electron chi connectivity index (χ0n) is 18.3. The lowest BCUT2D eigenvalue weighted by Gasteiger charge is -2.16. The van der Waals surface area contributed by atoms with Gasteiger partial charge in [0.05, 0.1) is 10.0 Å². The zero-order valence-corrected chi connectivity index (χ0v) is 19.8. The van der Waals surface area contributed by atoms with Crippen molar-refractivity contribution in [3.63, 3.8) is 0 Å². The molecule has 0 aliphatic heterocycles. The molecule has 0 atom stereocenters. The first-order valence-electron chi connectivity index (χ1n) is 10.6. The molecule has 1 N–H and O–H groups in total. The smallest absolute Gasteiger partial charge is 0.259 e. The highest BCUT2D eigenvalue weighted by Gasteiger charge is 2.18. The number of hydrogen-bond donors (Lipinski definition) is 1. The summed E-state index contributed by atoms with van der Waals surface area (Å²) >= 11 is 3.56. The minimum atomic E-state index is -0.248. The third kappa shape index (κ3) is 6.02. The lowest BCUT2D eigenvalue weighted by Crippen LogP contribution is -2.15. The number of aryl methyl sites for hydroxylation is 1. The van der Waals surface area contributed by atoms with Crippen LogP contribution in [-0.2, 0) is 13.2 Å². The van der Waals surface area contributed by atoms with Gasteiger partial charge in [0.2, 0.25) is 0 Å². The van der Waals surface area contributed by atoms with E-state index in [9.17, 15) is 4.79 Å². The highest BCUT2D eigenvalue weighted by atomic mass is 79.9. The Balaban J connectivity index is 1.61. The molecule has 0 fully saturated rings. The van der Waals surface area contributed by atoms with Crippen molar-refractivity contribution in [3.8, 4) is 11.5 Å². The average Bonchev–Trinajstić information content (AvgIpc) is 2.85. The van der Waals surface area contributed by atoms with E-state index in [4.69, 9.17) is 9.47 Å². The summed E-state index contributed by atoms with van der Waals surface area (Å²) in [5, 5.41) is 2.99. The molecule has 0 heterocycles. The lowest BCUT2D eigenvalue weighted by atomic mass is 10.1. The summed E-state index contributed by atoms with van der Waals surface area (Å²) in [4.78, 5) is 13.2. The van der Waals surface area contributed by atoms with Gasteiger partial charge in [-0.3, -0.25) is 4.79 Å². The molecule has 0 saturated carbocycles. The van der Waals surface area contributed by atoms with Crippen LogP contribution in [0.25, 0.3) is 0 Å². The number of amides is 1. The minimum Gasteiger partial charge on any atom is -0.488 e. The molecule has 0 radical (unpaired) electrons. The molecule has 5 heteroatoms.